The molecular formula is C19H20N4O2. The Hall–Kier alpha value is -2.86. The fourth-order valence-corrected chi connectivity index (χ4v) is 3.07. The Balaban J connectivity index is 1.63. The van der Waals surface area contributed by atoms with E-state index in [4.69, 9.17) is 9.40 Å². The van der Waals surface area contributed by atoms with Gasteiger partial charge in [0.15, 0.2) is 5.65 Å². The Morgan fingerprint density at radius 3 is 2.92 bits per heavy atom. The first-order valence-electron chi connectivity index (χ1n) is 8.37. The number of nitrogens with one attached hydrogen (secondary N) is 1. The number of hydrogen-bond acceptors (Lipinski definition) is 5. The summed E-state index contributed by atoms with van der Waals surface area (Å²) in [7, 11) is 0. The molecule has 1 atom stereocenters. The molecule has 6 heteroatoms. The number of aromatic nitrogens is 3. The molecule has 4 aromatic rings. The number of aryl methyl sites for hydroxylation is 1. The van der Waals surface area contributed by atoms with Gasteiger partial charge in [-0.15, -0.1) is 0 Å². The molecule has 6 nitrogen and oxygen atoms in total. The molecule has 0 aliphatic heterocycles. The molecule has 0 aliphatic rings. The first kappa shape index (κ1) is 15.7. The van der Waals surface area contributed by atoms with E-state index in [1.165, 1.54) is 0 Å². The molecule has 0 unspecified atom stereocenters. The second kappa shape index (κ2) is 6.57. The summed E-state index contributed by atoms with van der Waals surface area (Å²) in [6.07, 6.45) is 2.34. The number of benzene rings is 1. The van der Waals surface area contributed by atoms with Gasteiger partial charge in [-0.05, 0) is 31.2 Å². The molecule has 0 amide bonds. The van der Waals surface area contributed by atoms with Crippen LogP contribution in [0.3, 0.4) is 0 Å². The van der Waals surface area contributed by atoms with Gasteiger partial charge in [0.2, 0.25) is 0 Å². The van der Waals surface area contributed by atoms with Crippen molar-refractivity contribution in [3.63, 3.8) is 0 Å². The van der Waals surface area contributed by atoms with Crippen molar-refractivity contribution in [3.8, 4) is 0 Å². The number of hydrogen-bond donors (Lipinski definition) is 2. The van der Waals surface area contributed by atoms with Crippen LogP contribution in [0.2, 0.25) is 0 Å². The molecule has 0 saturated carbocycles. The predicted octanol–water partition coefficient (Wildman–Crippen LogP) is 3.05. The molecule has 0 fully saturated rings. The maximum absolute atomic E-state index is 9.68. The third kappa shape index (κ3) is 3.08. The first-order chi connectivity index (χ1) is 12.2. The van der Waals surface area contributed by atoms with Crippen LogP contribution in [0.4, 0.5) is 5.82 Å². The minimum Gasteiger partial charge on any atom is -0.469 e. The van der Waals surface area contributed by atoms with Crippen LogP contribution in [0, 0.1) is 12.8 Å². The van der Waals surface area contributed by atoms with Crippen LogP contribution in [0.25, 0.3) is 16.6 Å². The van der Waals surface area contributed by atoms with Crippen molar-refractivity contribution in [1.82, 2.24) is 14.6 Å². The molecule has 0 saturated heterocycles. The highest BCUT2D eigenvalue weighted by Crippen LogP contribution is 2.23. The highest BCUT2D eigenvalue weighted by molar-refractivity contribution is 5.91. The number of nitrogens with zero attached hydrogens (tertiary/aromatic N) is 3. The Labute approximate surface area is 145 Å². The summed E-state index contributed by atoms with van der Waals surface area (Å²) in [5.41, 5.74) is 2.75. The fourth-order valence-electron chi connectivity index (χ4n) is 3.07. The Bertz CT molecular complexity index is 991. The maximum Gasteiger partial charge on any atom is 0.158 e. The second-order valence-electron chi connectivity index (χ2n) is 6.25. The summed E-state index contributed by atoms with van der Waals surface area (Å²) in [5, 5.41) is 18.6. The zero-order chi connectivity index (χ0) is 17.2. The van der Waals surface area contributed by atoms with Gasteiger partial charge in [-0.25, -0.2) is 9.50 Å². The standard InChI is InChI=1S/C19H20N4O2/c1-13-9-18-21-19(16-6-2-3-7-17(16)23(18)22-13)20-11-14(12-24)10-15-5-4-8-25-15/h2-9,14,24H,10-12H2,1H3,(H,20,21)/t14-/m0/s1. The zero-order valence-corrected chi connectivity index (χ0v) is 14.0. The van der Waals surface area contributed by atoms with E-state index < -0.39 is 0 Å². The van der Waals surface area contributed by atoms with Gasteiger partial charge in [0.05, 0.1) is 17.5 Å². The van der Waals surface area contributed by atoms with Crippen LogP contribution in [0.1, 0.15) is 11.5 Å². The van der Waals surface area contributed by atoms with E-state index in [9.17, 15) is 5.11 Å². The molecule has 0 aliphatic carbocycles. The monoisotopic (exact) mass is 336 g/mol. The van der Waals surface area contributed by atoms with E-state index in [0.717, 1.165) is 33.8 Å². The Kier molecular flexibility index (Phi) is 4.11. The van der Waals surface area contributed by atoms with Gasteiger partial charge in [0.25, 0.3) is 0 Å². The van der Waals surface area contributed by atoms with Crippen molar-refractivity contribution >= 4 is 22.4 Å². The van der Waals surface area contributed by atoms with E-state index in [1.807, 2.05) is 53.9 Å². The first-order valence-corrected chi connectivity index (χ1v) is 8.37. The summed E-state index contributed by atoms with van der Waals surface area (Å²) in [6, 6.07) is 13.8. The summed E-state index contributed by atoms with van der Waals surface area (Å²) in [4.78, 5) is 4.71. The van der Waals surface area contributed by atoms with Crippen LogP contribution < -0.4 is 5.32 Å². The minimum atomic E-state index is 0.0505. The number of furan rings is 1. The van der Waals surface area contributed by atoms with Gasteiger partial charge in [-0.2, -0.15) is 5.10 Å². The van der Waals surface area contributed by atoms with Crippen molar-refractivity contribution in [2.24, 2.45) is 5.92 Å². The maximum atomic E-state index is 9.68. The summed E-state index contributed by atoms with van der Waals surface area (Å²) in [6.45, 7) is 2.65. The van der Waals surface area contributed by atoms with Crippen molar-refractivity contribution in [2.45, 2.75) is 13.3 Å². The van der Waals surface area contributed by atoms with E-state index in [-0.39, 0.29) is 12.5 Å². The van der Waals surface area contributed by atoms with Gasteiger partial charge >= 0.3 is 0 Å². The van der Waals surface area contributed by atoms with E-state index in [2.05, 4.69) is 10.4 Å². The average Bonchev–Trinajstić information content (AvgIpc) is 3.27. The topological polar surface area (TPSA) is 75.6 Å². The van der Waals surface area contributed by atoms with Crippen LogP contribution in [-0.2, 0) is 6.42 Å². The number of aliphatic hydroxyl groups excluding tert-OH is 1. The van der Waals surface area contributed by atoms with E-state index >= 15 is 0 Å². The quantitative estimate of drug-likeness (QED) is 0.566. The SMILES string of the molecule is Cc1cc2nc(NC[C@@H](CO)Cc3ccco3)c3ccccc3n2n1. The fraction of sp³-hybridized carbons (Fsp3) is 0.263. The number of para-hydroxylation sites is 1. The number of rotatable bonds is 6. The van der Waals surface area contributed by atoms with Gasteiger partial charge in [0.1, 0.15) is 11.6 Å². The Morgan fingerprint density at radius 2 is 2.12 bits per heavy atom. The molecule has 3 aromatic heterocycles. The van der Waals surface area contributed by atoms with E-state index in [1.54, 1.807) is 6.26 Å². The summed E-state index contributed by atoms with van der Waals surface area (Å²) in [5.74, 6) is 1.73. The van der Waals surface area contributed by atoms with E-state index in [0.29, 0.717) is 13.0 Å². The number of fused-ring (bicyclic) bond motifs is 3. The predicted molar refractivity (Wildman–Crippen MR) is 96.7 cm³/mol. The minimum absolute atomic E-state index is 0.0505. The smallest absolute Gasteiger partial charge is 0.158 e. The third-order valence-corrected chi connectivity index (χ3v) is 4.31. The average molecular weight is 336 g/mol. The summed E-state index contributed by atoms with van der Waals surface area (Å²) < 4.78 is 7.25. The largest absolute Gasteiger partial charge is 0.469 e. The number of aliphatic hydroxyl groups is 1. The van der Waals surface area contributed by atoms with Crippen molar-refractivity contribution in [3.05, 3.63) is 60.2 Å². The highest BCUT2D eigenvalue weighted by atomic mass is 16.3. The van der Waals surface area contributed by atoms with Crippen LogP contribution in [0.15, 0.2) is 53.1 Å². The van der Waals surface area contributed by atoms with Crippen molar-refractivity contribution in [2.75, 3.05) is 18.5 Å². The lowest BCUT2D eigenvalue weighted by Crippen LogP contribution is -2.21. The second-order valence-corrected chi connectivity index (χ2v) is 6.25. The highest BCUT2D eigenvalue weighted by Gasteiger charge is 2.14. The molecule has 2 N–H and O–H groups in total. The molecule has 25 heavy (non-hydrogen) atoms. The molecule has 3 heterocycles. The van der Waals surface area contributed by atoms with Gasteiger partial charge < -0.3 is 14.8 Å². The molecule has 128 valence electrons. The van der Waals surface area contributed by atoms with Gasteiger partial charge in [0, 0.05) is 36.9 Å². The lowest BCUT2D eigenvalue weighted by atomic mass is 10.1. The van der Waals surface area contributed by atoms with Crippen LogP contribution in [-0.4, -0.2) is 32.9 Å². The van der Waals surface area contributed by atoms with Crippen molar-refractivity contribution in [1.29, 1.82) is 0 Å². The molecule has 0 spiro atoms. The lowest BCUT2D eigenvalue weighted by molar-refractivity contribution is 0.226. The van der Waals surface area contributed by atoms with Crippen LogP contribution >= 0.6 is 0 Å². The van der Waals surface area contributed by atoms with Gasteiger partial charge in [-0.3, -0.25) is 0 Å². The molecule has 4 rings (SSSR count). The Morgan fingerprint density at radius 1 is 1.24 bits per heavy atom. The zero-order valence-electron chi connectivity index (χ0n) is 14.0. The van der Waals surface area contributed by atoms with Crippen molar-refractivity contribution < 1.29 is 9.52 Å². The molecule has 0 radical (unpaired) electrons. The van der Waals surface area contributed by atoms with Crippen LogP contribution in [0.5, 0.6) is 0 Å². The molecule has 1 aromatic carbocycles. The molecule has 0 bridgehead atoms. The third-order valence-electron chi connectivity index (χ3n) is 4.31. The molecular weight excluding hydrogens is 316 g/mol. The number of anilines is 1. The summed E-state index contributed by atoms with van der Waals surface area (Å²) >= 11 is 0. The normalized spacial score (nSPS) is 12.7. The lowest BCUT2D eigenvalue weighted by Gasteiger charge is -2.16. The van der Waals surface area contributed by atoms with Gasteiger partial charge in [-0.1, -0.05) is 12.1 Å².